The van der Waals surface area contributed by atoms with Gasteiger partial charge < -0.3 is 0 Å². The minimum absolute atomic E-state index is 0. The van der Waals surface area contributed by atoms with Crippen molar-refractivity contribution in [3.8, 4) is 122 Å². The summed E-state index contributed by atoms with van der Waals surface area (Å²) in [7, 11) is 0. The van der Waals surface area contributed by atoms with Crippen LogP contribution >= 0.6 is 23.2 Å². The third kappa shape index (κ3) is 9.59. The van der Waals surface area contributed by atoms with Gasteiger partial charge in [-0.3, -0.25) is 0 Å². The van der Waals surface area contributed by atoms with Gasteiger partial charge in [-0.2, -0.15) is 0 Å². The van der Waals surface area contributed by atoms with Crippen LogP contribution in [0.15, 0.2) is 413 Å². The van der Waals surface area contributed by atoms with Gasteiger partial charge in [0.2, 0.25) is 0 Å². The first-order valence-corrected chi connectivity index (χ1v) is 45.9. The van der Waals surface area contributed by atoms with Crippen molar-refractivity contribution in [3.05, 3.63) is 423 Å². The van der Waals surface area contributed by atoms with Crippen molar-refractivity contribution in [2.75, 3.05) is 0 Å². The highest BCUT2D eigenvalue weighted by molar-refractivity contribution is 6.54. The van der Waals surface area contributed by atoms with Crippen LogP contribution in [-0.4, -0.2) is 0 Å². The smallest absolute Gasteiger partial charge is 0.0418 e. The van der Waals surface area contributed by atoms with E-state index in [1.165, 1.54) is 316 Å². The molecule has 29 aromatic rings. The van der Waals surface area contributed by atoms with Crippen LogP contribution < -0.4 is 0 Å². The van der Waals surface area contributed by atoms with Crippen LogP contribution in [0.3, 0.4) is 0 Å². The normalized spacial score (nSPS) is 12.5. The molecule has 604 valence electrons. The molecule has 0 aliphatic heterocycles. The van der Waals surface area contributed by atoms with Crippen LogP contribution in [0.5, 0.6) is 0 Å². The Morgan fingerprint density at radius 1 is 0.122 bits per heavy atom. The lowest BCUT2D eigenvalue weighted by atomic mass is 9.82. The first-order valence-electron chi connectivity index (χ1n) is 46.2. The molecule has 0 radical (unpaired) electrons. The fourth-order valence-corrected chi connectivity index (χ4v) is 25.7. The maximum absolute atomic E-state index is 7.09. The van der Waals surface area contributed by atoms with E-state index in [9.17, 15) is 0 Å². The molecular weight excluding hydrogens is 1620 g/mol. The molecular formula is C129H74Cl2. The van der Waals surface area contributed by atoms with E-state index in [2.05, 4.69) is 413 Å². The van der Waals surface area contributed by atoms with Gasteiger partial charge >= 0.3 is 0 Å². The first kappa shape index (κ1) is 72.0. The van der Waals surface area contributed by atoms with E-state index in [4.69, 9.17) is 26.2 Å². The SMILES string of the molecule is C.Clc1cc2c(-c3ccccc3)c3c4ccc(-c5ccc6c7c(cccc57)-c5c-6c(-c6ccccc6)c6ccccc6c5-c5ccccc5)c5cccc(c54)c3c3c4ccccc4c(c1)c23.Clc1cc2c(-c3ccccc3)c3c4ccc5c6ccc7c8c(ccc(c9ccc(c4c59)c3c3c4ccccc4c(c1)c23)c86)-c1c-7c(-c2ccccc2)c2ccccc2c1-c1ccccc1.[2H][2H]. The van der Waals surface area contributed by atoms with E-state index in [1.807, 2.05) is 0 Å². The summed E-state index contributed by atoms with van der Waals surface area (Å²) in [5.41, 5.74) is 28.1. The Morgan fingerprint density at radius 2 is 0.344 bits per heavy atom. The summed E-state index contributed by atoms with van der Waals surface area (Å²) >= 11 is 14.2. The molecule has 31 rings (SSSR count). The Kier molecular flexibility index (Phi) is 14.9. The maximum atomic E-state index is 7.09. The number of rotatable bonds is 7. The van der Waals surface area contributed by atoms with Crippen molar-refractivity contribution in [3.63, 3.8) is 0 Å². The Labute approximate surface area is 766 Å². The van der Waals surface area contributed by atoms with Crippen LogP contribution in [0, 0.1) is 0 Å². The van der Waals surface area contributed by atoms with Crippen molar-refractivity contribution < 1.29 is 2.97 Å². The molecule has 0 unspecified atom stereocenters. The van der Waals surface area contributed by atoms with Gasteiger partial charge in [-0.05, 0) is 341 Å². The summed E-state index contributed by atoms with van der Waals surface area (Å²) in [6, 6.07) is 154. The van der Waals surface area contributed by atoms with Gasteiger partial charge in [-0.25, -0.2) is 0 Å². The molecule has 2 aliphatic rings. The summed E-state index contributed by atoms with van der Waals surface area (Å²) in [5.74, 6) is 0. The van der Waals surface area contributed by atoms with Gasteiger partial charge in [0.15, 0.2) is 0 Å². The molecule has 0 aromatic heterocycles. The zero-order chi connectivity index (χ0) is 86.7. The maximum Gasteiger partial charge on any atom is 0.0418 e. The number of hydrogen-bond acceptors (Lipinski definition) is 0. The number of fused-ring (bicyclic) bond motifs is 24. The van der Waals surface area contributed by atoms with Gasteiger partial charge in [0.25, 0.3) is 0 Å². The van der Waals surface area contributed by atoms with Crippen LogP contribution in [0.1, 0.15) is 10.4 Å². The summed E-state index contributed by atoms with van der Waals surface area (Å²) in [6.45, 7) is 0. The lowest BCUT2D eigenvalue weighted by Crippen LogP contribution is -1.93. The Bertz CT molecular complexity index is 9800. The predicted octanol–water partition coefficient (Wildman–Crippen LogP) is 38.5. The second-order valence-corrected chi connectivity index (χ2v) is 36.9. The third-order valence-corrected chi connectivity index (χ3v) is 30.4. The summed E-state index contributed by atoms with van der Waals surface area (Å²) in [6.07, 6.45) is 0. The minimum Gasteiger partial charge on any atom is -0.0843 e. The molecule has 0 fully saturated rings. The zero-order valence-corrected chi connectivity index (χ0v) is 71.5. The molecule has 0 bridgehead atoms. The summed E-state index contributed by atoms with van der Waals surface area (Å²) < 4.78 is 10.0. The molecule has 0 heterocycles. The van der Waals surface area contributed by atoms with Crippen LogP contribution in [0.4, 0.5) is 0 Å². The number of benzene rings is 25. The Balaban J connectivity index is 0.000000129. The van der Waals surface area contributed by atoms with Gasteiger partial charge in [0.1, 0.15) is 0 Å². The van der Waals surface area contributed by atoms with Gasteiger partial charge in [0.05, 0.1) is 0 Å². The highest BCUT2D eigenvalue weighted by atomic mass is 35.5. The fourth-order valence-electron chi connectivity index (χ4n) is 25.3. The van der Waals surface area contributed by atoms with Crippen molar-refractivity contribution in [1.29, 1.82) is 0 Å². The molecule has 0 saturated heterocycles. The number of halogens is 2. The summed E-state index contributed by atoms with van der Waals surface area (Å²) in [4.78, 5) is 0. The Morgan fingerprint density at radius 3 is 0.756 bits per heavy atom. The second kappa shape index (κ2) is 27.0. The lowest BCUT2D eigenvalue weighted by molar-refractivity contribution is 1.62. The number of hydrogen-bond donors (Lipinski definition) is 0. The van der Waals surface area contributed by atoms with Crippen molar-refractivity contribution in [2.24, 2.45) is 0 Å². The predicted molar refractivity (Wildman–Crippen MR) is 570 cm³/mol. The molecule has 131 heavy (non-hydrogen) atoms. The van der Waals surface area contributed by atoms with E-state index in [0.717, 1.165) is 10.0 Å². The second-order valence-electron chi connectivity index (χ2n) is 36.1. The molecule has 0 saturated carbocycles. The van der Waals surface area contributed by atoms with E-state index < -0.39 is 0 Å². The molecule has 2 aliphatic carbocycles. The standard InChI is InChI=1S/C64H33Cl.C64H35Cl.CH4.H2/c65-37-32-50-38-20-10-11-21-39(38)60-59(50)51(33-37)54(36-18-8-3-9-19-36)63-48-30-26-44-42-24-28-46-57-47(29-25-43(55(42)57)45-27-31-49(64(60)63)58(48)56(44)45)62-53(35-16-6-2-7-17-35)41-23-13-12-22-40(41)52(61(46)62)34-14-4-1-5-15-34;65-39-34-52-40-22-10-11-23-45(40)60-59(52)53(35-39)56(38-20-8-3-9-21-38)63-51-33-31-42(44-27-15-29-49(58(44)51)64(60)63)41-30-32-50-57-43(41)26-14-28-48(57)61-54(36-16-4-1-5-17-36)46-24-12-13-25-47(46)55(62(50)61)37-18-6-2-7-19-37;;/h1-33H;1-35H;1H4;1H/i;;;1+1D. The van der Waals surface area contributed by atoms with E-state index in [1.54, 1.807) is 0 Å². The quantitative estimate of drug-likeness (QED) is 0.110. The molecule has 0 amide bonds. The monoisotopic (exact) mass is 1690 g/mol. The molecule has 29 aromatic carbocycles. The van der Waals surface area contributed by atoms with Gasteiger partial charge in [-0.15, -0.1) is 0 Å². The highest BCUT2D eigenvalue weighted by Crippen LogP contribution is 2.65. The molecule has 0 spiro atoms. The van der Waals surface area contributed by atoms with Gasteiger partial charge in [0, 0.05) is 13.0 Å². The van der Waals surface area contributed by atoms with Crippen molar-refractivity contribution in [2.45, 2.75) is 7.43 Å². The van der Waals surface area contributed by atoms with Crippen LogP contribution in [-0.2, 0) is 0 Å². The average molecular weight is 1700 g/mol. The van der Waals surface area contributed by atoms with E-state index in [0.29, 0.717) is 0 Å². The molecule has 0 N–H and O–H groups in total. The zero-order valence-electron chi connectivity index (χ0n) is 72.0. The largest absolute Gasteiger partial charge is 0.0843 e. The molecule has 0 atom stereocenters. The van der Waals surface area contributed by atoms with Crippen LogP contribution in [0.2, 0.25) is 10.0 Å². The average Bonchev–Trinajstić information content (AvgIpc) is 1.51. The minimum atomic E-state index is 0. The van der Waals surface area contributed by atoms with Crippen molar-refractivity contribution >= 4 is 217 Å². The molecule has 0 nitrogen and oxygen atoms in total. The van der Waals surface area contributed by atoms with Crippen LogP contribution in [0.25, 0.3) is 316 Å². The molecule has 2 heteroatoms. The fraction of sp³-hybridized carbons (Fsp3) is 0.00775. The highest BCUT2D eigenvalue weighted by Gasteiger charge is 2.37. The first-order chi connectivity index (χ1) is 65.5. The Hall–Kier alpha value is -16.1. The summed E-state index contributed by atoms with van der Waals surface area (Å²) in [5, 5.41) is 48.1. The van der Waals surface area contributed by atoms with E-state index in [-0.39, 0.29) is 7.43 Å². The van der Waals surface area contributed by atoms with Crippen molar-refractivity contribution in [1.82, 2.24) is 0 Å². The third-order valence-electron chi connectivity index (χ3n) is 30.0. The topological polar surface area (TPSA) is 0 Å². The van der Waals surface area contributed by atoms with E-state index >= 15 is 0 Å². The lowest BCUT2D eigenvalue weighted by Gasteiger charge is -2.20. The van der Waals surface area contributed by atoms with Gasteiger partial charge in [-0.1, -0.05) is 419 Å².